The first-order chi connectivity index (χ1) is 65.7. The summed E-state index contributed by atoms with van der Waals surface area (Å²) in [5.41, 5.74) is 23.7. The number of ether oxygens (including phenoxy) is 2. The lowest BCUT2D eigenvalue weighted by Crippen LogP contribution is -2.61. The van der Waals surface area contributed by atoms with Gasteiger partial charge in [-0.2, -0.15) is 0 Å². The molecule has 0 amide bonds. The second kappa shape index (κ2) is 29.9. The highest BCUT2D eigenvalue weighted by Crippen LogP contribution is 2.59. The van der Waals surface area contributed by atoms with E-state index < -0.39 is 23.0 Å². The highest BCUT2D eigenvalue weighted by molar-refractivity contribution is 7.00. The van der Waals surface area contributed by atoms with E-state index in [4.69, 9.17) is 9.47 Å². The van der Waals surface area contributed by atoms with Gasteiger partial charge in [0.2, 0.25) is 0 Å². The number of hydrogen-bond donors (Lipinski definition) is 0. The van der Waals surface area contributed by atoms with Gasteiger partial charge in [-0.1, -0.05) is 310 Å². The summed E-state index contributed by atoms with van der Waals surface area (Å²) < 4.78 is 88.7. The Hall–Kier alpha value is -14.8. The number of anilines is 12. The smallest absolute Gasteiger partial charge is 0.252 e. The Balaban J connectivity index is 0.900. The predicted octanol–water partition coefficient (Wildman–Crippen LogP) is 32.3. The SMILES string of the molecule is [2H]c1c([2H])c(-n2c3ccccc3c3cc(N4c5ccccc5Oc5ccccc54)ccc32)c([2H])c2c1B1c3c(cc(C(C)(C)C)cc3N(c3c(-c4ccccc4)cc(C(C)(C)C)cc3-c3cccc(C(C)(C)C)c3)c3c([2H])c(-n4c5ccccc5c5cc(N6c7ccccc7Oc7ccccc76)ccc54)c([2H])c([2H])c31)N2c1c(-c2ccccc2)cc(C(C)(C)C)cc1-c1cccc(C(C)(C)C)c1. The molecule has 6 heterocycles. The van der Waals surface area contributed by atoms with Gasteiger partial charge in [0.1, 0.15) is 0 Å². The van der Waals surface area contributed by atoms with E-state index in [-0.39, 0.29) is 58.5 Å². The molecule has 4 aliphatic rings. The molecule has 0 spiro atoms. The van der Waals surface area contributed by atoms with E-state index in [2.05, 4.69) is 363 Å². The van der Waals surface area contributed by atoms with Crippen molar-refractivity contribution in [2.24, 2.45) is 0 Å². The van der Waals surface area contributed by atoms with Gasteiger partial charge in [-0.3, -0.25) is 0 Å². The molecule has 23 rings (SSSR count). The van der Waals surface area contributed by atoms with E-state index >= 15 is 0 Å². The molecule has 0 aliphatic carbocycles. The summed E-state index contributed by atoms with van der Waals surface area (Å²) in [7, 11) is 0. The molecule has 4 aliphatic heterocycles. The van der Waals surface area contributed by atoms with Gasteiger partial charge in [0, 0.05) is 89.3 Å². The molecule has 0 bridgehead atoms. The maximum Gasteiger partial charge on any atom is 0.252 e. The Morgan fingerprint density at radius 2 is 0.550 bits per heavy atom. The zero-order chi connectivity index (χ0) is 94.9. The highest BCUT2D eigenvalue weighted by Gasteiger charge is 2.47. The number of rotatable bonds is 10. The first-order valence-electron chi connectivity index (χ1n) is 48.8. The number of para-hydroxylation sites is 10. The lowest BCUT2D eigenvalue weighted by Gasteiger charge is -2.47. The molecule has 2 aromatic heterocycles. The molecular weight excluding hydrogens is 1590 g/mol. The van der Waals surface area contributed by atoms with Crippen molar-refractivity contribution >= 4 is 135 Å². The quantitative estimate of drug-likeness (QED) is 0.127. The molecule has 0 saturated carbocycles. The molecule has 0 fully saturated rings. The molecule has 638 valence electrons. The van der Waals surface area contributed by atoms with Gasteiger partial charge in [0.05, 0.1) is 64.4 Å². The number of benzene rings is 17. The molecule has 0 unspecified atom stereocenters. The third-order valence-corrected chi connectivity index (χ3v) is 27.2. The van der Waals surface area contributed by atoms with Gasteiger partial charge in [0.25, 0.3) is 6.71 Å². The van der Waals surface area contributed by atoms with Crippen molar-refractivity contribution < 1.29 is 17.7 Å². The summed E-state index contributed by atoms with van der Waals surface area (Å²) in [6.45, 7) is 32.7. The van der Waals surface area contributed by atoms with Crippen molar-refractivity contribution in [2.45, 2.75) is 131 Å². The van der Waals surface area contributed by atoms with Crippen LogP contribution in [0.15, 0.2) is 364 Å². The average molecular weight is 1700 g/mol. The largest absolute Gasteiger partial charge is 0.453 e. The van der Waals surface area contributed by atoms with E-state index in [0.29, 0.717) is 62.1 Å². The van der Waals surface area contributed by atoms with E-state index in [9.17, 15) is 8.22 Å². The van der Waals surface area contributed by atoms with Gasteiger partial charge in [-0.25, -0.2) is 0 Å². The van der Waals surface area contributed by atoms with Gasteiger partial charge >= 0.3 is 0 Å². The topological polar surface area (TPSA) is 41.3 Å². The lowest BCUT2D eigenvalue weighted by molar-refractivity contribution is 0.477. The monoisotopic (exact) mass is 1700 g/mol. The van der Waals surface area contributed by atoms with Crippen LogP contribution in [0, 0.1) is 0 Å². The second-order valence-corrected chi connectivity index (χ2v) is 40.8. The van der Waals surface area contributed by atoms with Crippen molar-refractivity contribution in [3.63, 3.8) is 0 Å². The summed E-state index contributed by atoms with van der Waals surface area (Å²) in [6.07, 6.45) is 0. The summed E-state index contributed by atoms with van der Waals surface area (Å²) >= 11 is 0. The molecule has 17 aromatic carbocycles. The maximum atomic E-state index is 12.3. The first-order valence-corrected chi connectivity index (χ1v) is 45.8. The predicted molar refractivity (Wildman–Crippen MR) is 554 cm³/mol. The fourth-order valence-electron chi connectivity index (χ4n) is 20.3. The summed E-state index contributed by atoms with van der Waals surface area (Å²) in [6, 6.07) is 114. The Kier molecular flexibility index (Phi) is 16.9. The van der Waals surface area contributed by atoms with Crippen LogP contribution >= 0.6 is 0 Å². The van der Waals surface area contributed by atoms with Crippen LogP contribution in [0.4, 0.5) is 68.2 Å². The molecule has 9 heteroatoms. The van der Waals surface area contributed by atoms with Crippen LogP contribution in [0.25, 0.3) is 99.5 Å². The molecule has 0 N–H and O–H groups in total. The Bertz CT molecular complexity index is 7750. The number of aromatic nitrogens is 2. The minimum Gasteiger partial charge on any atom is -0.453 e. The number of hydrogen-bond acceptors (Lipinski definition) is 6. The molecule has 0 radical (unpaired) electrons. The lowest BCUT2D eigenvalue weighted by atomic mass is 9.33. The Labute approximate surface area is 778 Å². The van der Waals surface area contributed by atoms with Crippen LogP contribution in [0.1, 0.15) is 140 Å². The Morgan fingerprint density at radius 1 is 0.237 bits per heavy atom. The van der Waals surface area contributed by atoms with Crippen LogP contribution < -0.4 is 45.5 Å². The zero-order valence-electron chi connectivity index (χ0n) is 82.8. The number of fused-ring (bicyclic) bond motifs is 14. The summed E-state index contributed by atoms with van der Waals surface area (Å²) in [5, 5.41) is 3.48. The van der Waals surface area contributed by atoms with E-state index in [1.165, 1.54) is 0 Å². The van der Waals surface area contributed by atoms with Gasteiger partial charge in [-0.15, -0.1) is 0 Å². The van der Waals surface area contributed by atoms with E-state index in [1.54, 1.807) is 0 Å². The van der Waals surface area contributed by atoms with Crippen LogP contribution in [-0.4, -0.2) is 15.8 Å². The molecule has 8 nitrogen and oxygen atoms in total. The average Bonchev–Trinajstić information content (AvgIpc) is 1.40. The highest BCUT2D eigenvalue weighted by atomic mass is 16.5. The Morgan fingerprint density at radius 3 is 0.916 bits per heavy atom. The standard InChI is InChI=1S/C122H105BN6O2/c1-118(2,3)80-42-34-40-78(64-80)93-68-82(120(7,8)9)66-91(76-36-18-16-19-37-76)116(93)128-107-74-87(124-99-46-24-22-44-89(99)95-72-85(58-62-101(95)124)126-103-48-26-30-52-111(103)130-112-53-31-27-49-104(112)126)56-60-97(107)123-98-61-57-88(125-100-47-25-23-45-90(100)96-73-86(59-63-102(96)125)127-105-50-28-32-54-113(105)131-114-55-33-29-51-106(114)127)75-108(98)129(110-71-84(122(13,14)15)70-109(128)115(110)123)117-92(77-38-20-17-21-39-77)67-83(121(10,11)12)69-94(117)79-41-35-43-81(65-79)119(4,5)6/h16-75H,1-15H3/i56D,57D,60D,61D,74D,75D. The molecule has 19 aromatic rings. The van der Waals surface area contributed by atoms with E-state index in [0.717, 1.165) is 161 Å². The van der Waals surface area contributed by atoms with Crippen molar-refractivity contribution in [3.8, 4) is 78.9 Å². The maximum absolute atomic E-state index is 12.3. The zero-order valence-corrected chi connectivity index (χ0v) is 76.8. The van der Waals surface area contributed by atoms with E-state index in [1.807, 2.05) is 97.1 Å². The van der Waals surface area contributed by atoms with Crippen molar-refractivity contribution in [3.05, 3.63) is 392 Å². The normalized spacial score (nSPS) is 14.1. The summed E-state index contributed by atoms with van der Waals surface area (Å²) in [4.78, 5) is 9.11. The van der Waals surface area contributed by atoms with Crippen LogP contribution in [0.2, 0.25) is 0 Å². The molecular formula is C122H105BN6O2. The fraction of sp³-hybridized carbons (Fsp3) is 0.164. The van der Waals surface area contributed by atoms with Crippen molar-refractivity contribution in [2.75, 3.05) is 19.6 Å². The van der Waals surface area contributed by atoms with Crippen molar-refractivity contribution in [1.29, 1.82) is 0 Å². The van der Waals surface area contributed by atoms with Crippen LogP contribution in [-0.2, 0) is 27.1 Å². The molecule has 131 heavy (non-hydrogen) atoms. The van der Waals surface area contributed by atoms with Gasteiger partial charge in [0.15, 0.2) is 23.0 Å². The van der Waals surface area contributed by atoms with Gasteiger partial charge < -0.3 is 38.2 Å². The fourth-order valence-corrected chi connectivity index (χ4v) is 20.3. The molecule has 0 saturated heterocycles. The van der Waals surface area contributed by atoms with Crippen molar-refractivity contribution in [1.82, 2.24) is 9.13 Å². The molecule has 0 atom stereocenters. The summed E-state index contributed by atoms with van der Waals surface area (Å²) in [5.74, 6) is 2.86. The van der Waals surface area contributed by atoms with Gasteiger partial charge in [-0.05, 0) is 251 Å². The number of nitrogens with zero attached hydrogens (tertiary/aromatic N) is 6. The first kappa shape index (κ1) is 74.2. The third kappa shape index (κ3) is 13.3. The minimum absolute atomic E-state index is 0.0337. The van der Waals surface area contributed by atoms with Crippen LogP contribution in [0.3, 0.4) is 0 Å². The third-order valence-electron chi connectivity index (χ3n) is 27.2. The second-order valence-electron chi connectivity index (χ2n) is 40.8. The minimum atomic E-state index is -1.22. The van der Waals surface area contributed by atoms with Crippen LogP contribution in [0.5, 0.6) is 23.0 Å².